The van der Waals surface area contributed by atoms with Crippen molar-refractivity contribution in [3.8, 4) is 0 Å². The molecule has 0 bridgehead atoms. The van der Waals surface area contributed by atoms with Gasteiger partial charge in [0.2, 0.25) is 17.7 Å². The number of carbonyl (C=O) groups is 3. The topological polar surface area (TPSA) is 87.7 Å². The molecule has 1 heterocycles. The number of imide groups is 1. The minimum absolute atomic E-state index is 0.0394. The quantitative estimate of drug-likeness (QED) is 0.635. The zero-order valence-electron chi connectivity index (χ0n) is 17.9. The monoisotopic (exact) mass is 373 g/mol. The summed E-state index contributed by atoms with van der Waals surface area (Å²) in [5.74, 6) is -0.734. The highest BCUT2D eigenvalue weighted by Gasteiger charge is 2.35. The summed E-state index contributed by atoms with van der Waals surface area (Å²) in [5, 5.41) is 5.54. The molecule has 3 amide bonds. The fourth-order valence-electron chi connectivity index (χ4n) is 2.31. The number of hydrogen-bond donors (Lipinski definition) is 2. The van der Waals surface area contributed by atoms with Gasteiger partial charge in [-0.05, 0) is 40.8 Å². The van der Waals surface area contributed by atoms with E-state index < -0.39 is 0 Å². The number of nitrogens with zero attached hydrogens (tertiary/aromatic N) is 1. The van der Waals surface area contributed by atoms with Crippen LogP contribution in [0.15, 0.2) is 0 Å². The van der Waals surface area contributed by atoms with Crippen LogP contribution in [0.4, 0.5) is 0 Å². The van der Waals surface area contributed by atoms with Gasteiger partial charge in [-0.2, -0.15) is 0 Å². The van der Waals surface area contributed by atoms with Crippen molar-refractivity contribution in [3.63, 3.8) is 0 Å². The zero-order valence-corrected chi connectivity index (χ0v) is 17.9. The Balaban J connectivity index is 0. The third kappa shape index (κ3) is 11.2. The predicted octanol–water partition coefficient (Wildman–Crippen LogP) is 1.95. The van der Waals surface area contributed by atoms with Crippen LogP contribution >= 0.6 is 0 Å². The highest BCUT2D eigenvalue weighted by molar-refractivity contribution is 6.03. The summed E-state index contributed by atoms with van der Waals surface area (Å²) >= 11 is 0. The van der Waals surface area contributed by atoms with E-state index in [1.165, 1.54) is 11.9 Å². The van der Waals surface area contributed by atoms with E-state index in [0.717, 1.165) is 19.6 Å². The van der Waals surface area contributed by atoms with E-state index in [0.29, 0.717) is 0 Å². The normalized spacial score (nSPS) is 16.5. The van der Waals surface area contributed by atoms with Gasteiger partial charge in [0.1, 0.15) is 0 Å². The van der Waals surface area contributed by atoms with Gasteiger partial charge in [-0.1, -0.05) is 20.8 Å². The van der Waals surface area contributed by atoms with Crippen molar-refractivity contribution in [1.29, 1.82) is 0 Å². The van der Waals surface area contributed by atoms with E-state index in [2.05, 4.69) is 24.5 Å². The number of likely N-dealkylation sites (tertiary alicyclic amines) is 1. The molecule has 0 saturated carbocycles. The van der Waals surface area contributed by atoms with Crippen molar-refractivity contribution in [2.24, 2.45) is 5.92 Å². The van der Waals surface area contributed by atoms with Crippen LogP contribution in [-0.4, -0.2) is 62.0 Å². The van der Waals surface area contributed by atoms with Crippen LogP contribution in [0.1, 0.15) is 60.8 Å². The molecule has 0 spiro atoms. The molecule has 1 fully saturated rings. The Bertz CT molecular complexity index is 425. The Morgan fingerprint density at radius 3 is 2.23 bits per heavy atom. The molecule has 0 aromatic carbocycles. The van der Waals surface area contributed by atoms with Crippen LogP contribution in [-0.2, 0) is 19.1 Å². The van der Waals surface area contributed by atoms with E-state index in [-0.39, 0.29) is 48.6 Å². The second kappa shape index (κ2) is 14.7. The molecule has 7 heteroatoms. The lowest BCUT2D eigenvalue weighted by Crippen LogP contribution is -2.34. The molecule has 1 saturated heterocycles. The Morgan fingerprint density at radius 1 is 1.27 bits per heavy atom. The van der Waals surface area contributed by atoms with Gasteiger partial charge in [-0.25, -0.2) is 0 Å². The molecule has 1 aliphatic rings. The minimum atomic E-state index is -0.229. The number of ether oxygens (including phenoxy) is 1. The zero-order chi connectivity index (χ0) is 20.8. The molecule has 154 valence electrons. The van der Waals surface area contributed by atoms with Crippen molar-refractivity contribution in [2.75, 3.05) is 33.8 Å². The first-order chi connectivity index (χ1) is 12.2. The van der Waals surface area contributed by atoms with Gasteiger partial charge in [0.25, 0.3) is 0 Å². The molecular formula is C19H39N3O4. The van der Waals surface area contributed by atoms with Gasteiger partial charge < -0.3 is 15.4 Å². The third-order valence-corrected chi connectivity index (χ3v) is 3.82. The number of carbonyl (C=O) groups excluding carboxylic acids is 3. The number of hydrogen-bond acceptors (Lipinski definition) is 5. The van der Waals surface area contributed by atoms with Crippen molar-refractivity contribution in [3.05, 3.63) is 0 Å². The maximum atomic E-state index is 11.4. The molecule has 0 aromatic rings. The first-order valence-corrected chi connectivity index (χ1v) is 9.51. The summed E-state index contributed by atoms with van der Waals surface area (Å²) in [6.07, 6.45) is 1.52. The van der Waals surface area contributed by atoms with E-state index in [1.807, 2.05) is 27.8 Å². The van der Waals surface area contributed by atoms with Crippen LogP contribution in [0.5, 0.6) is 0 Å². The average molecular weight is 374 g/mol. The molecule has 1 unspecified atom stereocenters. The van der Waals surface area contributed by atoms with Crippen LogP contribution in [0.2, 0.25) is 0 Å². The van der Waals surface area contributed by atoms with E-state index >= 15 is 0 Å². The van der Waals surface area contributed by atoms with Gasteiger partial charge in [0.05, 0.1) is 5.60 Å². The maximum absolute atomic E-state index is 11.4. The van der Waals surface area contributed by atoms with E-state index in [4.69, 9.17) is 4.74 Å². The minimum Gasteiger partial charge on any atom is -0.376 e. The predicted molar refractivity (Wildman–Crippen MR) is 105 cm³/mol. The number of rotatable bonds is 8. The summed E-state index contributed by atoms with van der Waals surface area (Å²) in [4.78, 5) is 34.7. The summed E-state index contributed by atoms with van der Waals surface area (Å²) in [7, 11) is 3.49. The highest BCUT2D eigenvalue weighted by Crippen LogP contribution is 2.18. The second-order valence-corrected chi connectivity index (χ2v) is 6.46. The summed E-state index contributed by atoms with van der Waals surface area (Å²) in [5.41, 5.74) is 0.0394. The standard InChI is InChI=1S/C9H14N2O3.C8H19NO.C2H6/c1-6-5-8(13)11(9(6)14)4-3-7(12)10-2;1-5-10-8(2,3)6-7-9-4;1-2/h6H,3-5H2,1-2H3,(H,10,12);9H,5-7H2,1-4H3;1-2H3. The Labute approximate surface area is 159 Å². The lowest BCUT2D eigenvalue weighted by atomic mass is 10.1. The van der Waals surface area contributed by atoms with Crippen molar-refractivity contribution < 1.29 is 19.1 Å². The molecule has 1 atom stereocenters. The summed E-state index contributed by atoms with van der Waals surface area (Å²) in [6.45, 7) is 14.0. The fraction of sp³-hybridized carbons (Fsp3) is 0.842. The molecular weight excluding hydrogens is 334 g/mol. The van der Waals surface area contributed by atoms with Gasteiger partial charge in [-0.15, -0.1) is 0 Å². The lowest BCUT2D eigenvalue weighted by Gasteiger charge is -2.24. The van der Waals surface area contributed by atoms with Crippen LogP contribution in [0.3, 0.4) is 0 Å². The molecule has 1 aliphatic heterocycles. The molecule has 0 aliphatic carbocycles. The van der Waals surface area contributed by atoms with E-state index in [9.17, 15) is 14.4 Å². The Hall–Kier alpha value is -1.47. The molecule has 26 heavy (non-hydrogen) atoms. The van der Waals surface area contributed by atoms with Crippen molar-refractivity contribution in [1.82, 2.24) is 15.5 Å². The number of amides is 3. The van der Waals surface area contributed by atoms with Crippen LogP contribution in [0.25, 0.3) is 0 Å². The number of nitrogens with one attached hydrogen (secondary N) is 2. The third-order valence-electron chi connectivity index (χ3n) is 3.82. The fourth-order valence-corrected chi connectivity index (χ4v) is 2.31. The van der Waals surface area contributed by atoms with Crippen molar-refractivity contribution in [2.45, 2.75) is 66.4 Å². The van der Waals surface area contributed by atoms with Gasteiger partial charge >= 0.3 is 0 Å². The lowest BCUT2D eigenvalue weighted by molar-refractivity contribution is -0.139. The second-order valence-electron chi connectivity index (χ2n) is 6.46. The largest absolute Gasteiger partial charge is 0.376 e. The van der Waals surface area contributed by atoms with Gasteiger partial charge in [-0.3, -0.25) is 19.3 Å². The Morgan fingerprint density at radius 2 is 1.85 bits per heavy atom. The smallest absolute Gasteiger partial charge is 0.232 e. The highest BCUT2D eigenvalue weighted by atomic mass is 16.5. The summed E-state index contributed by atoms with van der Waals surface area (Å²) < 4.78 is 5.49. The Kier molecular flexibility index (Phi) is 15.1. The van der Waals surface area contributed by atoms with Gasteiger partial charge in [0, 0.05) is 39.0 Å². The van der Waals surface area contributed by atoms with Crippen LogP contribution < -0.4 is 10.6 Å². The summed E-state index contributed by atoms with van der Waals surface area (Å²) in [6, 6.07) is 0. The molecule has 0 radical (unpaired) electrons. The molecule has 0 aromatic heterocycles. The first kappa shape index (κ1) is 26.8. The molecule has 2 N–H and O–H groups in total. The average Bonchev–Trinajstić information content (AvgIpc) is 2.85. The van der Waals surface area contributed by atoms with E-state index in [1.54, 1.807) is 6.92 Å². The molecule has 7 nitrogen and oxygen atoms in total. The van der Waals surface area contributed by atoms with Crippen molar-refractivity contribution >= 4 is 17.7 Å². The molecule has 1 rings (SSSR count). The van der Waals surface area contributed by atoms with Gasteiger partial charge in [0.15, 0.2) is 0 Å². The first-order valence-electron chi connectivity index (χ1n) is 9.51. The SMILES string of the molecule is CC.CCOC(C)(C)CCNC.CNC(=O)CCN1C(=O)CC(C)C1=O. The maximum Gasteiger partial charge on any atom is 0.232 e. The van der Waals surface area contributed by atoms with Crippen LogP contribution in [0, 0.1) is 5.92 Å².